The number of carbonyl (C=O) groups is 1. The number of nitriles is 1. The fourth-order valence-electron chi connectivity index (χ4n) is 4.31. The number of nitrogens with zero attached hydrogens (tertiary/aromatic N) is 5. The highest BCUT2D eigenvalue weighted by Gasteiger charge is 2.42. The first-order valence-electron chi connectivity index (χ1n) is 9.74. The van der Waals surface area contributed by atoms with Crippen LogP contribution in [0.15, 0.2) is 4.52 Å². The van der Waals surface area contributed by atoms with Gasteiger partial charge < -0.3 is 9.42 Å². The predicted octanol–water partition coefficient (Wildman–Crippen LogP) is 2.67. The monoisotopic (exact) mass is 359 g/mol. The lowest BCUT2D eigenvalue weighted by atomic mass is 9.74. The maximum atomic E-state index is 13.1. The summed E-state index contributed by atoms with van der Waals surface area (Å²) in [5.41, 5.74) is -0.772. The average molecular weight is 359 g/mol. The van der Waals surface area contributed by atoms with E-state index in [4.69, 9.17) is 4.52 Å². The molecule has 1 aromatic rings. The highest BCUT2D eigenvalue weighted by molar-refractivity contribution is 5.85. The van der Waals surface area contributed by atoms with Gasteiger partial charge in [-0.25, -0.2) is 0 Å². The van der Waals surface area contributed by atoms with Crippen LogP contribution in [0.5, 0.6) is 0 Å². The quantitative estimate of drug-likeness (QED) is 0.821. The molecule has 0 aromatic carbocycles. The summed E-state index contributed by atoms with van der Waals surface area (Å²) in [6, 6.07) is 2.76. The van der Waals surface area contributed by atoms with E-state index in [1.165, 1.54) is 0 Å². The van der Waals surface area contributed by atoms with Crippen LogP contribution < -0.4 is 0 Å². The fraction of sp³-hybridized carbons (Fsp3) is 0.789. The summed E-state index contributed by atoms with van der Waals surface area (Å²) in [5, 5.41) is 13.7. The van der Waals surface area contributed by atoms with Crippen molar-refractivity contribution >= 4 is 5.91 Å². The summed E-state index contributed by atoms with van der Waals surface area (Å²) in [7, 11) is 2.08. The van der Waals surface area contributed by atoms with E-state index in [1.54, 1.807) is 6.92 Å². The lowest BCUT2D eigenvalue weighted by Crippen LogP contribution is -2.45. The van der Waals surface area contributed by atoms with E-state index in [0.717, 1.165) is 64.5 Å². The van der Waals surface area contributed by atoms with Gasteiger partial charge in [0.15, 0.2) is 5.82 Å². The molecule has 1 saturated carbocycles. The molecule has 1 amide bonds. The lowest BCUT2D eigenvalue weighted by Gasteiger charge is -2.34. The van der Waals surface area contributed by atoms with Crippen molar-refractivity contribution in [3.8, 4) is 6.07 Å². The largest absolute Gasteiger partial charge is 0.341 e. The summed E-state index contributed by atoms with van der Waals surface area (Å²) in [4.78, 5) is 21.6. The highest BCUT2D eigenvalue weighted by Crippen LogP contribution is 2.38. The SMILES string of the molecule is Cc1nc(CN(C)[C@@H]2CCCN(C(=O)C3(C#N)CCCCC3)CC2)no1. The number of hydrogen-bond acceptors (Lipinski definition) is 6. The van der Waals surface area contributed by atoms with E-state index in [-0.39, 0.29) is 5.91 Å². The molecule has 1 aliphatic carbocycles. The number of aromatic nitrogens is 2. The summed E-state index contributed by atoms with van der Waals surface area (Å²) in [6.45, 7) is 3.93. The normalized spacial score (nSPS) is 23.5. The molecule has 2 heterocycles. The molecule has 3 rings (SSSR count). The smallest absolute Gasteiger partial charge is 0.243 e. The Hall–Kier alpha value is -1.94. The van der Waals surface area contributed by atoms with Crippen molar-refractivity contribution in [3.63, 3.8) is 0 Å². The molecule has 2 fully saturated rings. The predicted molar refractivity (Wildman–Crippen MR) is 95.9 cm³/mol. The van der Waals surface area contributed by atoms with Gasteiger partial charge in [0.2, 0.25) is 11.8 Å². The summed E-state index contributed by atoms with van der Waals surface area (Å²) < 4.78 is 5.05. The van der Waals surface area contributed by atoms with Gasteiger partial charge >= 0.3 is 0 Å². The summed E-state index contributed by atoms with van der Waals surface area (Å²) in [6.07, 6.45) is 7.48. The molecule has 1 aliphatic heterocycles. The number of carbonyl (C=O) groups excluding carboxylic acids is 1. The molecular formula is C19H29N5O2. The number of likely N-dealkylation sites (tertiary alicyclic amines) is 1. The van der Waals surface area contributed by atoms with Crippen molar-refractivity contribution in [1.29, 1.82) is 5.26 Å². The van der Waals surface area contributed by atoms with Gasteiger partial charge in [0.25, 0.3) is 0 Å². The Balaban J connectivity index is 1.59. The number of hydrogen-bond donors (Lipinski definition) is 0. The first-order valence-corrected chi connectivity index (χ1v) is 9.74. The summed E-state index contributed by atoms with van der Waals surface area (Å²) >= 11 is 0. The third kappa shape index (κ3) is 4.07. The first kappa shape index (κ1) is 18.8. The molecule has 7 nitrogen and oxygen atoms in total. The van der Waals surface area contributed by atoms with E-state index >= 15 is 0 Å². The van der Waals surface area contributed by atoms with Crippen molar-refractivity contribution < 1.29 is 9.32 Å². The Labute approximate surface area is 155 Å². The molecule has 1 saturated heterocycles. The van der Waals surface area contributed by atoms with Gasteiger partial charge in [-0.2, -0.15) is 10.2 Å². The van der Waals surface area contributed by atoms with Crippen molar-refractivity contribution in [2.24, 2.45) is 5.41 Å². The molecule has 26 heavy (non-hydrogen) atoms. The zero-order valence-corrected chi connectivity index (χ0v) is 15.9. The average Bonchev–Trinajstić information content (AvgIpc) is 2.92. The van der Waals surface area contributed by atoms with Gasteiger partial charge in [0.05, 0.1) is 12.6 Å². The second-order valence-corrected chi connectivity index (χ2v) is 7.78. The first-order chi connectivity index (χ1) is 12.5. The van der Waals surface area contributed by atoms with Crippen LogP contribution in [-0.4, -0.2) is 52.0 Å². The molecule has 0 N–H and O–H groups in total. The molecular weight excluding hydrogens is 330 g/mol. The maximum absolute atomic E-state index is 13.1. The molecule has 1 atom stereocenters. The third-order valence-corrected chi connectivity index (χ3v) is 5.90. The van der Waals surface area contributed by atoms with Crippen LogP contribution in [0.3, 0.4) is 0 Å². The van der Waals surface area contributed by atoms with Gasteiger partial charge in [-0.15, -0.1) is 0 Å². The van der Waals surface area contributed by atoms with Crippen LogP contribution in [0, 0.1) is 23.7 Å². The van der Waals surface area contributed by atoms with Crippen molar-refractivity contribution in [2.75, 3.05) is 20.1 Å². The summed E-state index contributed by atoms with van der Waals surface area (Å²) in [5.74, 6) is 1.35. The maximum Gasteiger partial charge on any atom is 0.243 e. The van der Waals surface area contributed by atoms with Gasteiger partial charge in [-0.3, -0.25) is 9.69 Å². The number of amides is 1. The topological polar surface area (TPSA) is 86.3 Å². The molecule has 0 unspecified atom stereocenters. The second-order valence-electron chi connectivity index (χ2n) is 7.78. The van der Waals surface area contributed by atoms with Gasteiger partial charge in [0.1, 0.15) is 5.41 Å². The standard InChI is InChI=1S/C19H29N5O2/c1-15-21-17(22-26-15)13-23(2)16-7-6-11-24(12-8-16)18(25)19(14-20)9-4-3-5-10-19/h16H,3-13H2,1-2H3/t16-/m1/s1. The van der Waals surface area contributed by atoms with Gasteiger partial charge in [-0.05, 0) is 39.2 Å². The minimum Gasteiger partial charge on any atom is -0.341 e. The molecule has 0 spiro atoms. The molecule has 1 aromatic heterocycles. The molecule has 142 valence electrons. The van der Waals surface area contributed by atoms with Crippen LogP contribution in [-0.2, 0) is 11.3 Å². The zero-order chi connectivity index (χ0) is 18.6. The fourth-order valence-corrected chi connectivity index (χ4v) is 4.31. The van der Waals surface area contributed by atoms with Crippen LogP contribution in [0.1, 0.15) is 63.1 Å². The van der Waals surface area contributed by atoms with Gasteiger partial charge in [-0.1, -0.05) is 24.4 Å². The minimum atomic E-state index is -0.772. The Morgan fingerprint density at radius 3 is 2.73 bits per heavy atom. The second kappa shape index (κ2) is 8.17. The third-order valence-electron chi connectivity index (χ3n) is 5.90. The molecule has 7 heteroatoms. The number of rotatable bonds is 4. The Bertz CT molecular complexity index is 659. The highest BCUT2D eigenvalue weighted by atomic mass is 16.5. The van der Waals surface area contributed by atoms with Crippen molar-refractivity contribution in [3.05, 3.63) is 11.7 Å². The van der Waals surface area contributed by atoms with E-state index in [0.29, 0.717) is 24.3 Å². The number of aryl methyl sites for hydroxylation is 1. The van der Waals surface area contributed by atoms with Crippen LogP contribution >= 0.6 is 0 Å². The van der Waals surface area contributed by atoms with Crippen LogP contribution in [0.4, 0.5) is 0 Å². The van der Waals surface area contributed by atoms with Crippen LogP contribution in [0.25, 0.3) is 0 Å². The van der Waals surface area contributed by atoms with Crippen molar-refractivity contribution in [1.82, 2.24) is 19.9 Å². The Morgan fingerprint density at radius 2 is 2.08 bits per heavy atom. The lowest BCUT2D eigenvalue weighted by molar-refractivity contribution is -0.140. The molecule has 0 radical (unpaired) electrons. The van der Waals surface area contributed by atoms with Gasteiger partial charge in [0, 0.05) is 26.1 Å². The van der Waals surface area contributed by atoms with E-state index in [2.05, 4.69) is 28.2 Å². The van der Waals surface area contributed by atoms with Crippen molar-refractivity contribution in [2.45, 2.75) is 70.9 Å². The van der Waals surface area contributed by atoms with E-state index in [1.807, 2.05) is 4.90 Å². The molecule has 0 bridgehead atoms. The van der Waals surface area contributed by atoms with Crippen LogP contribution in [0.2, 0.25) is 0 Å². The minimum absolute atomic E-state index is 0.0665. The van der Waals surface area contributed by atoms with E-state index < -0.39 is 5.41 Å². The Kier molecular flexibility index (Phi) is 5.92. The Morgan fingerprint density at radius 1 is 1.31 bits per heavy atom. The van der Waals surface area contributed by atoms with E-state index in [9.17, 15) is 10.1 Å². The zero-order valence-electron chi connectivity index (χ0n) is 15.9. The molecule has 2 aliphatic rings.